The summed E-state index contributed by atoms with van der Waals surface area (Å²) in [5, 5.41) is 0. The van der Waals surface area contributed by atoms with Crippen molar-refractivity contribution in [2.75, 3.05) is 0 Å². The van der Waals surface area contributed by atoms with E-state index in [1.54, 1.807) is 0 Å². The van der Waals surface area contributed by atoms with Crippen molar-refractivity contribution in [3.05, 3.63) is 42.0 Å². The highest BCUT2D eigenvalue weighted by Gasteiger charge is 1.88. The average molecular weight is 155 g/mol. The Morgan fingerprint density at radius 3 is 2.60 bits per heavy atom. The minimum atomic E-state index is 0.490. The summed E-state index contributed by atoms with van der Waals surface area (Å²) in [6.45, 7) is 0.490. The van der Waals surface area contributed by atoms with E-state index < -0.39 is 0 Å². The number of hydrogen-bond acceptors (Lipinski definition) is 1. The molecule has 0 heterocycles. The summed E-state index contributed by atoms with van der Waals surface area (Å²) in [6, 6.07) is 11.9. The van der Waals surface area contributed by atoms with Gasteiger partial charge in [-0.25, -0.2) is 0 Å². The van der Waals surface area contributed by atoms with Crippen molar-refractivity contribution >= 4 is 11.6 Å². The number of halogens is 1. The van der Waals surface area contributed by atoms with Gasteiger partial charge in [-0.05, 0) is 5.56 Å². The van der Waals surface area contributed by atoms with Crippen LogP contribution >= 0.6 is 11.6 Å². The van der Waals surface area contributed by atoms with Crippen LogP contribution in [0.1, 0.15) is 5.56 Å². The van der Waals surface area contributed by atoms with Crippen LogP contribution in [0, 0.1) is 6.07 Å². The molecule has 0 fully saturated rings. The lowest BCUT2D eigenvalue weighted by Crippen LogP contribution is -1.85. The van der Waals surface area contributed by atoms with Crippen molar-refractivity contribution in [3.63, 3.8) is 0 Å². The van der Waals surface area contributed by atoms with Crippen LogP contribution in [-0.4, -0.2) is 0 Å². The molecule has 0 amide bonds. The average Bonchev–Trinajstić information content (AvgIpc) is 2.03. The Balaban J connectivity index is 2.43. The van der Waals surface area contributed by atoms with Gasteiger partial charge in [0.25, 0.3) is 0 Å². The molecule has 0 N–H and O–H groups in total. The standard InChI is InChI=1S/C8H7ClO/c9-7-10-6-8-4-2-1-3-5-8/h1-5H,6H2. The van der Waals surface area contributed by atoms with Gasteiger partial charge in [0.1, 0.15) is 0 Å². The largest absolute Gasteiger partial charge is 0.347 e. The second kappa shape index (κ2) is 4.31. The number of hydrogen-bond donors (Lipinski definition) is 0. The predicted molar refractivity (Wildman–Crippen MR) is 40.3 cm³/mol. The fourth-order valence-electron chi connectivity index (χ4n) is 0.685. The first-order valence-corrected chi connectivity index (χ1v) is 3.32. The van der Waals surface area contributed by atoms with Crippen molar-refractivity contribution in [2.24, 2.45) is 0 Å². The summed E-state index contributed by atoms with van der Waals surface area (Å²) >= 11 is 5.08. The van der Waals surface area contributed by atoms with Gasteiger partial charge in [0, 0.05) is 0 Å². The molecule has 0 atom stereocenters. The molecular formula is C8H7ClO. The highest BCUT2D eigenvalue weighted by molar-refractivity contribution is 6.21. The molecule has 2 heteroatoms. The van der Waals surface area contributed by atoms with Gasteiger partial charge in [-0.1, -0.05) is 41.9 Å². The van der Waals surface area contributed by atoms with E-state index in [9.17, 15) is 0 Å². The normalized spacial score (nSPS) is 9.70. The van der Waals surface area contributed by atoms with E-state index in [0.29, 0.717) is 6.61 Å². The van der Waals surface area contributed by atoms with Crippen molar-refractivity contribution in [1.82, 2.24) is 0 Å². The zero-order valence-corrected chi connectivity index (χ0v) is 6.14. The lowest BCUT2D eigenvalue weighted by Gasteiger charge is -1.96. The molecule has 1 nitrogen and oxygen atoms in total. The molecule has 0 unspecified atom stereocenters. The van der Waals surface area contributed by atoms with Crippen LogP contribution in [0.25, 0.3) is 0 Å². The van der Waals surface area contributed by atoms with Gasteiger partial charge in [0.15, 0.2) is 0 Å². The maximum atomic E-state index is 5.08. The Morgan fingerprint density at radius 2 is 2.00 bits per heavy atom. The first-order chi connectivity index (χ1) is 4.93. The van der Waals surface area contributed by atoms with Crippen molar-refractivity contribution in [1.29, 1.82) is 0 Å². The van der Waals surface area contributed by atoms with Crippen LogP contribution in [0.3, 0.4) is 0 Å². The number of rotatable bonds is 3. The highest BCUT2D eigenvalue weighted by Crippen LogP contribution is 2.01. The van der Waals surface area contributed by atoms with E-state index in [1.165, 1.54) is 0 Å². The van der Waals surface area contributed by atoms with E-state index in [2.05, 4.69) is 6.07 Å². The van der Waals surface area contributed by atoms with Gasteiger partial charge in [0.05, 0.1) is 6.61 Å². The topological polar surface area (TPSA) is 9.23 Å². The Morgan fingerprint density at radius 1 is 1.30 bits per heavy atom. The van der Waals surface area contributed by atoms with E-state index in [0.717, 1.165) is 5.56 Å². The molecule has 0 spiro atoms. The fraction of sp³-hybridized carbons (Fsp3) is 0.125. The van der Waals surface area contributed by atoms with Crippen LogP contribution in [0.2, 0.25) is 0 Å². The van der Waals surface area contributed by atoms with Gasteiger partial charge in [-0.15, -0.1) is 0 Å². The molecule has 0 aliphatic rings. The molecule has 1 aromatic carbocycles. The summed E-state index contributed by atoms with van der Waals surface area (Å²) in [5.41, 5.74) is 1.09. The van der Waals surface area contributed by atoms with Gasteiger partial charge in [0.2, 0.25) is 6.07 Å². The van der Waals surface area contributed by atoms with Gasteiger partial charge in [-0.3, -0.25) is 0 Å². The van der Waals surface area contributed by atoms with Crippen molar-refractivity contribution in [3.8, 4) is 0 Å². The Kier molecular flexibility index (Phi) is 3.27. The quantitative estimate of drug-likeness (QED) is 0.650. The van der Waals surface area contributed by atoms with Gasteiger partial charge < -0.3 is 4.74 Å². The van der Waals surface area contributed by atoms with E-state index in [-0.39, 0.29) is 0 Å². The number of benzene rings is 1. The molecule has 52 valence electrons. The summed E-state index contributed by atoms with van der Waals surface area (Å²) in [6.07, 6.45) is 0. The zero-order valence-electron chi connectivity index (χ0n) is 5.38. The molecule has 2 radical (unpaired) electrons. The molecule has 1 aromatic rings. The Bertz CT molecular complexity index is 174. The van der Waals surface area contributed by atoms with Crippen molar-refractivity contribution in [2.45, 2.75) is 6.61 Å². The Labute approximate surface area is 65.6 Å². The molecular weight excluding hydrogens is 148 g/mol. The minimum absolute atomic E-state index is 0.490. The maximum absolute atomic E-state index is 5.08. The fourth-order valence-corrected chi connectivity index (χ4v) is 0.739. The third-order valence-corrected chi connectivity index (χ3v) is 1.25. The third-order valence-electron chi connectivity index (χ3n) is 1.14. The highest BCUT2D eigenvalue weighted by atomic mass is 35.5. The van der Waals surface area contributed by atoms with Crippen LogP contribution in [-0.2, 0) is 11.3 Å². The molecule has 0 saturated heterocycles. The van der Waals surface area contributed by atoms with E-state index >= 15 is 0 Å². The second-order valence-electron chi connectivity index (χ2n) is 1.85. The monoisotopic (exact) mass is 154 g/mol. The first kappa shape index (κ1) is 7.58. The number of ether oxygens (including phenoxy) is 1. The van der Waals surface area contributed by atoms with Gasteiger partial charge in [-0.2, -0.15) is 0 Å². The molecule has 0 saturated carbocycles. The smallest absolute Gasteiger partial charge is 0.237 e. The molecule has 0 aromatic heterocycles. The van der Waals surface area contributed by atoms with Crippen LogP contribution < -0.4 is 0 Å². The second-order valence-corrected chi connectivity index (χ2v) is 2.01. The third kappa shape index (κ3) is 2.38. The lowest BCUT2D eigenvalue weighted by molar-refractivity contribution is 0.214. The maximum Gasteiger partial charge on any atom is 0.237 e. The van der Waals surface area contributed by atoms with Crippen molar-refractivity contribution < 1.29 is 4.74 Å². The first-order valence-electron chi connectivity index (χ1n) is 2.95. The summed E-state index contributed by atoms with van der Waals surface area (Å²) in [5.74, 6) is 0. The zero-order chi connectivity index (χ0) is 7.23. The van der Waals surface area contributed by atoms with E-state index in [4.69, 9.17) is 16.3 Å². The molecule has 1 rings (SSSR count). The molecule has 0 aliphatic heterocycles. The molecule has 0 aliphatic carbocycles. The molecule has 10 heavy (non-hydrogen) atoms. The van der Waals surface area contributed by atoms with Crippen LogP contribution in [0.15, 0.2) is 30.3 Å². The van der Waals surface area contributed by atoms with E-state index in [1.807, 2.05) is 30.3 Å². The van der Waals surface area contributed by atoms with Gasteiger partial charge >= 0.3 is 0 Å². The minimum Gasteiger partial charge on any atom is -0.347 e. The SMILES string of the molecule is Cl[C]OCc1ccccc1. The van der Waals surface area contributed by atoms with Crippen LogP contribution in [0.5, 0.6) is 0 Å². The molecule has 0 bridgehead atoms. The predicted octanol–water partition coefficient (Wildman–Crippen LogP) is 2.44. The summed E-state index contributed by atoms with van der Waals surface area (Å²) in [7, 11) is 0. The lowest BCUT2D eigenvalue weighted by atomic mass is 10.2. The summed E-state index contributed by atoms with van der Waals surface area (Å²) < 4.78 is 4.73. The summed E-state index contributed by atoms with van der Waals surface area (Å²) in [4.78, 5) is 0. The Hall–Kier alpha value is -0.530. The van der Waals surface area contributed by atoms with Crippen LogP contribution in [0.4, 0.5) is 0 Å².